The molecule has 3 N–H and O–H groups in total. The van der Waals surface area contributed by atoms with Crippen LogP contribution in [0.2, 0.25) is 5.02 Å². The van der Waals surface area contributed by atoms with Crippen molar-refractivity contribution in [1.82, 2.24) is 24.5 Å². The second kappa shape index (κ2) is 8.46. The van der Waals surface area contributed by atoms with E-state index in [1.165, 1.54) is 19.2 Å². The van der Waals surface area contributed by atoms with Gasteiger partial charge in [0.15, 0.2) is 5.65 Å². The van der Waals surface area contributed by atoms with Crippen LogP contribution >= 0.6 is 11.6 Å². The van der Waals surface area contributed by atoms with Crippen LogP contribution in [-0.2, 0) is 6.61 Å². The van der Waals surface area contributed by atoms with Gasteiger partial charge in [0.2, 0.25) is 0 Å². The summed E-state index contributed by atoms with van der Waals surface area (Å²) < 4.78 is 7.92. The molecule has 0 amide bonds. The lowest BCUT2D eigenvalue weighted by Gasteiger charge is -2.10. The maximum atomic E-state index is 6.37. The maximum Gasteiger partial charge on any atom is 0.151 e. The molecular formula is C25H22ClN7O. The molecule has 34 heavy (non-hydrogen) atoms. The van der Waals surface area contributed by atoms with Crippen molar-refractivity contribution >= 4 is 45.2 Å². The van der Waals surface area contributed by atoms with Crippen LogP contribution in [-0.4, -0.2) is 31.0 Å². The predicted molar refractivity (Wildman–Crippen MR) is 133 cm³/mol. The lowest BCUT2D eigenvalue weighted by molar-refractivity contribution is 0.306. The number of hydrogen-bond acceptors (Lipinski definition) is 7. The first-order valence-electron chi connectivity index (χ1n) is 11.1. The third-order valence-corrected chi connectivity index (χ3v) is 6.25. The molecule has 0 atom stereocenters. The van der Waals surface area contributed by atoms with Crippen LogP contribution in [0.25, 0.3) is 27.6 Å². The molecule has 9 heteroatoms. The number of nitrogens with two attached hydrogens (primary N) is 1. The number of hydrogen-bond donors (Lipinski definition) is 2. The van der Waals surface area contributed by atoms with Crippen molar-refractivity contribution in [3.8, 4) is 11.4 Å². The third-order valence-electron chi connectivity index (χ3n) is 5.96. The van der Waals surface area contributed by atoms with Crippen LogP contribution in [0.15, 0.2) is 61.3 Å². The van der Waals surface area contributed by atoms with Crippen molar-refractivity contribution in [2.45, 2.75) is 19.4 Å². The van der Waals surface area contributed by atoms with E-state index >= 15 is 0 Å². The first kappa shape index (κ1) is 20.7. The summed E-state index contributed by atoms with van der Waals surface area (Å²) in [4.78, 5) is 17.5. The van der Waals surface area contributed by atoms with E-state index in [-0.39, 0.29) is 0 Å². The molecule has 5 aromatic rings. The summed E-state index contributed by atoms with van der Waals surface area (Å²) in [6.07, 6.45) is 9.33. The number of ether oxygens (including phenoxy) is 1. The number of aromatic nitrogens is 5. The number of nitrogens with zero attached hydrogens (tertiary/aromatic N) is 5. The standard InChI is InChI=1S/C25H22ClN7O/c26-20-12-33(25-23(20)24(27)30-14-31-25)18-7-16(9-28-11-18)13-34-19-5-3-17-4-6-22(32-21(17)8-19)29-10-15-1-2-15/h3-9,11-12,14-15H,1-2,10,13H2,(H,29,32)(H2,27,30,31). The second-order valence-electron chi connectivity index (χ2n) is 8.52. The van der Waals surface area contributed by atoms with Crippen LogP contribution in [0.1, 0.15) is 18.4 Å². The molecular weight excluding hydrogens is 450 g/mol. The number of nitrogen functional groups attached to an aromatic ring is 1. The zero-order valence-corrected chi connectivity index (χ0v) is 19.0. The number of nitrogens with one attached hydrogen (secondary N) is 1. The van der Waals surface area contributed by atoms with Gasteiger partial charge in [0.1, 0.15) is 30.3 Å². The molecule has 1 aromatic carbocycles. The van der Waals surface area contributed by atoms with Gasteiger partial charge < -0.3 is 15.8 Å². The highest BCUT2D eigenvalue weighted by Gasteiger charge is 2.20. The Hall–Kier alpha value is -3.91. The van der Waals surface area contributed by atoms with Crippen molar-refractivity contribution in [3.05, 3.63) is 71.9 Å². The van der Waals surface area contributed by atoms with Gasteiger partial charge in [0.05, 0.1) is 27.8 Å². The average Bonchev–Trinajstić information content (AvgIpc) is 3.63. The second-order valence-corrected chi connectivity index (χ2v) is 8.93. The molecule has 6 rings (SSSR count). The van der Waals surface area contributed by atoms with Gasteiger partial charge >= 0.3 is 0 Å². The predicted octanol–water partition coefficient (Wildman–Crippen LogP) is 5.00. The highest BCUT2D eigenvalue weighted by Crippen LogP contribution is 2.31. The molecule has 0 spiro atoms. The van der Waals surface area contributed by atoms with Crippen LogP contribution in [0.3, 0.4) is 0 Å². The molecule has 0 unspecified atom stereocenters. The normalized spacial score (nSPS) is 13.4. The minimum atomic E-state index is 0.344. The van der Waals surface area contributed by atoms with E-state index in [9.17, 15) is 0 Å². The largest absolute Gasteiger partial charge is 0.489 e. The Morgan fingerprint density at radius 1 is 1.12 bits per heavy atom. The lowest BCUT2D eigenvalue weighted by Crippen LogP contribution is -2.04. The van der Waals surface area contributed by atoms with Gasteiger partial charge in [-0.15, -0.1) is 0 Å². The molecule has 0 radical (unpaired) electrons. The Morgan fingerprint density at radius 2 is 2.00 bits per heavy atom. The van der Waals surface area contributed by atoms with Gasteiger partial charge in [-0.3, -0.25) is 9.55 Å². The van der Waals surface area contributed by atoms with E-state index in [1.807, 2.05) is 34.9 Å². The minimum absolute atomic E-state index is 0.344. The van der Waals surface area contributed by atoms with Gasteiger partial charge in [-0.1, -0.05) is 11.6 Å². The maximum absolute atomic E-state index is 6.37. The summed E-state index contributed by atoms with van der Waals surface area (Å²) in [6.45, 7) is 1.34. The van der Waals surface area contributed by atoms with Gasteiger partial charge in [0.25, 0.3) is 0 Å². The van der Waals surface area contributed by atoms with E-state index in [4.69, 9.17) is 27.1 Å². The van der Waals surface area contributed by atoms with E-state index in [1.54, 1.807) is 18.6 Å². The molecule has 0 bridgehead atoms. The number of benzene rings is 1. The Kier molecular flexibility index (Phi) is 5.15. The quantitative estimate of drug-likeness (QED) is 0.344. The van der Waals surface area contributed by atoms with E-state index < -0.39 is 0 Å². The molecule has 1 fully saturated rings. The highest BCUT2D eigenvalue weighted by molar-refractivity contribution is 6.36. The third kappa shape index (κ3) is 4.08. The summed E-state index contributed by atoms with van der Waals surface area (Å²) in [5.74, 6) is 2.79. The van der Waals surface area contributed by atoms with Gasteiger partial charge in [-0.2, -0.15) is 0 Å². The highest BCUT2D eigenvalue weighted by atomic mass is 35.5. The lowest BCUT2D eigenvalue weighted by atomic mass is 10.2. The first-order valence-corrected chi connectivity index (χ1v) is 11.5. The minimum Gasteiger partial charge on any atom is -0.489 e. The van der Waals surface area contributed by atoms with Crippen LogP contribution < -0.4 is 15.8 Å². The van der Waals surface area contributed by atoms with Crippen LogP contribution in [0.4, 0.5) is 11.6 Å². The van der Waals surface area contributed by atoms with Gasteiger partial charge in [0, 0.05) is 36.0 Å². The summed E-state index contributed by atoms with van der Waals surface area (Å²) in [5, 5.41) is 5.62. The molecule has 1 aliphatic carbocycles. The molecule has 1 aliphatic rings. The fraction of sp³-hybridized carbons (Fsp3) is 0.200. The molecule has 4 heterocycles. The number of anilines is 2. The Balaban J connectivity index is 1.21. The van der Waals surface area contributed by atoms with Gasteiger partial charge in [-0.05, 0) is 49.1 Å². The number of pyridine rings is 2. The fourth-order valence-electron chi connectivity index (χ4n) is 3.94. The Morgan fingerprint density at radius 3 is 2.88 bits per heavy atom. The Labute approximate surface area is 200 Å². The van der Waals surface area contributed by atoms with Crippen LogP contribution in [0, 0.1) is 5.92 Å². The van der Waals surface area contributed by atoms with E-state index in [2.05, 4.69) is 26.3 Å². The smallest absolute Gasteiger partial charge is 0.151 e. The summed E-state index contributed by atoms with van der Waals surface area (Å²) >= 11 is 6.37. The van der Waals surface area contributed by atoms with Crippen molar-refractivity contribution in [2.75, 3.05) is 17.6 Å². The molecule has 8 nitrogen and oxygen atoms in total. The van der Waals surface area contributed by atoms with Crippen molar-refractivity contribution < 1.29 is 4.74 Å². The zero-order chi connectivity index (χ0) is 23.1. The summed E-state index contributed by atoms with van der Waals surface area (Å²) in [6, 6.07) is 12.0. The zero-order valence-electron chi connectivity index (χ0n) is 18.3. The number of halogens is 1. The average molecular weight is 472 g/mol. The van der Waals surface area contributed by atoms with Crippen LogP contribution in [0.5, 0.6) is 5.75 Å². The molecule has 0 saturated heterocycles. The number of fused-ring (bicyclic) bond motifs is 2. The monoisotopic (exact) mass is 471 g/mol. The first-order chi connectivity index (χ1) is 16.6. The fourth-order valence-corrected chi connectivity index (χ4v) is 4.22. The molecule has 1 saturated carbocycles. The summed E-state index contributed by atoms with van der Waals surface area (Å²) in [5.41, 5.74) is 9.22. The molecule has 170 valence electrons. The van der Waals surface area contributed by atoms with Crippen molar-refractivity contribution in [3.63, 3.8) is 0 Å². The van der Waals surface area contributed by atoms with E-state index in [0.717, 1.165) is 46.2 Å². The van der Waals surface area contributed by atoms with Gasteiger partial charge in [-0.25, -0.2) is 15.0 Å². The van der Waals surface area contributed by atoms with Crippen molar-refractivity contribution in [2.24, 2.45) is 5.92 Å². The molecule has 0 aliphatic heterocycles. The molecule has 4 aromatic heterocycles. The number of rotatable bonds is 7. The van der Waals surface area contributed by atoms with Crippen molar-refractivity contribution in [1.29, 1.82) is 0 Å². The SMILES string of the molecule is Nc1ncnc2c1c(Cl)cn2-c1cncc(COc2ccc3ccc(NCC4CC4)nc3c2)c1. The topological polar surface area (TPSA) is 104 Å². The summed E-state index contributed by atoms with van der Waals surface area (Å²) in [7, 11) is 0. The Bertz CT molecular complexity index is 1510. The van der Waals surface area contributed by atoms with E-state index in [0.29, 0.717) is 28.5 Å².